The van der Waals surface area contributed by atoms with E-state index in [1.807, 2.05) is 0 Å². The molecule has 1 aliphatic rings. The van der Waals surface area contributed by atoms with Crippen LogP contribution < -0.4 is 4.72 Å². The summed E-state index contributed by atoms with van der Waals surface area (Å²) < 4.78 is 31.7. The van der Waals surface area contributed by atoms with Gasteiger partial charge in [0.2, 0.25) is 10.0 Å². The van der Waals surface area contributed by atoms with E-state index in [-0.39, 0.29) is 23.1 Å². The molecule has 0 unspecified atom stereocenters. The average Bonchev–Trinajstić information content (AvgIpc) is 2.41. The van der Waals surface area contributed by atoms with Gasteiger partial charge in [0, 0.05) is 6.61 Å². The zero-order valence-electron chi connectivity index (χ0n) is 11.3. The summed E-state index contributed by atoms with van der Waals surface area (Å²) in [6.45, 7) is 0.542. The molecule has 0 spiro atoms. The molecule has 7 nitrogen and oxygen atoms in total. The number of rotatable bonds is 5. The third-order valence-corrected chi connectivity index (χ3v) is 4.55. The molecule has 1 heterocycles. The van der Waals surface area contributed by atoms with Crippen LogP contribution in [0.15, 0.2) is 18.2 Å². The van der Waals surface area contributed by atoms with Crippen molar-refractivity contribution in [3.05, 3.63) is 23.8 Å². The Balaban J connectivity index is 2.13. The molecule has 1 fully saturated rings. The first-order valence-corrected chi connectivity index (χ1v) is 8.21. The first kappa shape index (κ1) is 15.6. The normalized spacial score (nSPS) is 19.1. The number of carboxylic acids is 1. The maximum absolute atomic E-state index is 12.1. The van der Waals surface area contributed by atoms with Crippen molar-refractivity contribution in [1.82, 2.24) is 0 Å². The quantitative estimate of drug-likeness (QED) is 0.708. The van der Waals surface area contributed by atoms with Crippen LogP contribution in [0.5, 0.6) is 5.75 Å². The number of para-hydroxylation sites is 1. The van der Waals surface area contributed by atoms with Crippen LogP contribution in [0.4, 0.5) is 5.69 Å². The zero-order valence-corrected chi connectivity index (χ0v) is 12.1. The van der Waals surface area contributed by atoms with Gasteiger partial charge < -0.3 is 14.9 Å². The van der Waals surface area contributed by atoms with Crippen LogP contribution in [-0.2, 0) is 14.8 Å². The number of carboxylic acid groups (broad SMARTS) is 1. The second kappa shape index (κ2) is 6.31. The van der Waals surface area contributed by atoms with Crippen molar-refractivity contribution >= 4 is 21.7 Å². The van der Waals surface area contributed by atoms with E-state index in [0.29, 0.717) is 13.0 Å². The molecule has 0 amide bonds. The summed E-state index contributed by atoms with van der Waals surface area (Å²) in [5.74, 6) is -2.15. The highest BCUT2D eigenvalue weighted by atomic mass is 32.2. The van der Waals surface area contributed by atoms with Crippen molar-refractivity contribution in [2.45, 2.75) is 25.4 Å². The number of anilines is 1. The van der Waals surface area contributed by atoms with E-state index in [1.54, 1.807) is 0 Å². The molecule has 21 heavy (non-hydrogen) atoms. The standard InChI is InChI=1S/C13H17NO6S/c15-12-10(13(16)17)5-3-6-11(12)14-21(18,19)8-9-4-1-2-7-20-9/h3,5-6,9,14-15H,1-2,4,7-8H2,(H,16,17)/t9-/m1/s1. The van der Waals surface area contributed by atoms with Crippen LogP contribution in [0, 0.1) is 0 Å². The van der Waals surface area contributed by atoms with Crippen LogP contribution in [0.3, 0.4) is 0 Å². The maximum atomic E-state index is 12.1. The number of nitrogens with one attached hydrogen (secondary N) is 1. The van der Waals surface area contributed by atoms with Gasteiger partial charge >= 0.3 is 5.97 Å². The third kappa shape index (κ3) is 4.08. The second-order valence-electron chi connectivity index (χ2n) is 4.88. The molecule has 1 saturated heterocycles. The number of carbonyl (C=O) groups is 1. The lowest BCUT2D eigenvalue weighted by Gasteiger charge is -2.22. The van der Waals surface area contributed by atoms with Crippen LogP contribution in [0.25, 0.3) is 0 Å². The smallest absolute Gasteiger partial charge is 0.339 e. The highest BCUT2D eigenvalue weighted by Crippen LogP contribution is 2.28. The van der Waals surface area contributed by atoms with E-state index in [4.69, 9.17) is 9.84 Å². The molecule has 2 rings (SSSR count). The van der Waals surface area contributed by atoms with E-state index in [2.05, 4.69) is 4.72 Å². The van der Waals surface area contributed by atoms with Crippen LogP contribution >= 0.6 is 0 Å². The van der Waals surface area contributed by atoms with Gasteiger partial charge in [0.05, 0.1) is 17.5 Å². The van der Waals surface area contributed by atoms with Gasteiger partial charge in [-0.15, -0.1) is 0 Å². The molecular formula is C13H17NO6S. The zero-order chi connectivity index (χ0) is 15.5. The summed E-state index contributed by atoms with van der Waals surface area (Å²) in [6, 6.07) is 3.86. The van der Waals surface area contributed by atoms with E-state index in [1.165, 1.54) is 18.2 Å². The van der Waals surface area contributed by atoms with Crippen LogP contribution in [0.1, 0.15) is 29.6 Å². The number of benzene rings is 1. The van der Waals surface area contributed by atoms with Gasteiger partial charge in [-0.2, -0.15) is 0 Å². The minimum Gasteiger partial charge on any atom is -0.505 e. The lowest BCUT2D eigenvalue weighted by Crippen LogP contribution is -2.31. The Hall–Kier alpha value is -1.80. The summed E-state index contributed by atoms with van der Waals surface area (Å²) in [4.78, 5) is 10.9. The average molecular weight is 315 g/mol. The predicted molar refractivity (Wildman–Crippen MR) is 76.1 cm³/mol. The van der Waals surface area contributed by atoms with Crippen molar-refractivity contribution in [3.63, 3.8) is 0 Å². The summed E-state index contributed by atoms with van der Waals surface area (Å²) in [5, 5.41) is 18.7. The molecule has 0 aliphatic carbocycles. The van der Waals surface area contributed by atoms with Gasteiger partial charge in [0.15, 0.2) is 5.75 Å². The largest absolute Gasteiger partial charge is 0.505 e. The molecule has 0 radical (unpaired) electrons. The Morgan fingerprint density at radius 1 is 1.38 bits per heavy atom. The van der Waals surface area contributed by atoms with E-state index >= 15 is 0 Å². The van der Waals surface area contributed by atoms with Gasteiger partial charge in [0.25, 0.3) is 0 Å². The molecule has 116 valence electrons. The van der Waals surface area contributed by atoms with E-state index in [0.717, 1.165) is 12.8 Å². The minimum absolute atomic E-state index is 0.147. The number of aromatic carboxylic acids is 1. The van der Waals surface area contributed by atoms with Gasteiger partial charge in [-0.05, 0) is 31.4 Å². The van der Waals surface area contributed by atoms with E-state index in [9.17, 15) is 18.3 Å². The Kier molecular flexibility index (Phi) is 4.69. The van der Waals surface area contributed by atoms with E-state index < -0.39 is 21.7 Å². The fraction of sp³-hybridized carbons (Fsp3) is 0.462. The SMILES string of the molecule is O=C(O)c1cccc(NS(=O)(=O)C[C@H]2CCCCO2)c1O. The Labute approximate surface area is 122 Å². The number of ether oxygens (including phenoxy) is 1. The summed E-state index contributed by atoms with van der Waals surface area (Å²) in [7, 11) is -3.73. The van der Waals surface area contributed by atoms with Gasteiger partial charge in [0.1, 0.15) is 5.56 Å². The Morgan fingerprint density at radius 2 is 2.14 bits per heavy atom. The Bertz CT molecular complexity index is 622. The highest BCUT2D eigenvalue weighted by molar-refractivity contribution is 7.92. The number of hydrogen-bond donors (Lipinski definition) is 3. The molecule has 0 bridgehead atoms. The fourth-order valence-electron chi connectivity index (χ4n) is 2.19. The molecule has 0 aromatic heterocycles. The van der Waals surface area contributed by atoms with Crippen LogP contribution in [0.2, 0.25) is 0 Å². The van der Waals surface area contributed by atoms with Crippen LogP contribution in [-0.4, -0.2) is 43.1 Å². The summed E-state index contributed by atoms with van der Waals surface area (Å²) in [6.07, 6.45) is 2.13. The first-order valence-electron chi connectivity index (χ1n) is 6.56. The molecule has 1 atom stereocenters. The summed E-state index contributed by atoms with van der Waals surface area (Å²) in [5.41, 5.74) is -0.505. The van der Waals surface area contributed by atoms with Gasteiger partial charge in [-0.1, -0.05) is 6.07 Å². The highest BCUT2D eigenvalue weighted by Gasteiger charge is 2.23. The second-order valence-corrected chi connectivity index (χ2v) is 6.65. The van der Waals surface area contributed by atoms with Gasteiger partial charge in [-0.25, -0.2) is 13.2 Å². The third-order valence-electron chi connectivity index (χ3n) is 3.21. The number of aromatic hydroxyl groups is 1. The van der Waals surface area contributed by atoms with Gasteiger partial charge in [-0.3, -0.25) is 4.72 Å². The molecule has 0 saturated carbocycles. The minimum atomic E-state index is -3.73. The number of hydrogen-bond acceptors (Lipinski definition) is 5. The number of phenols is 1. The van der Waals surface area contributed by atoms with Crippen molar-refractivity contribution in [3.8, 4) is 5.75 Å². The molecule has 1 aromatic rings. The van der Waals surface area contributed by atoms with Crippen molar-refractivity contribution in [2.24, 2.45) is 0 Å². The molecule has 3 N–H and O–H groups in total. The molecule has 1 aromatic carbocycles. The summed E-state index contributed by atoms with van der Waals surface area (Å²) >= 11 is 0. The van der Waals surface area contributed by atoms with Crippen molar-refractivity contribution in [2.75, 3.05) is 17.1 Å². The first-order chi connectivity index (χ1) is 9.89. The number of sulfonamides is 1. The fourth-order valence-corrected chi connectivity index (χ4v) is 3.53. The monoisotopic (exact) mass is 315 g/mol. The molecule has 8 heteroatoms. The molecule has 1 aliphatic heterocycles. The maximum Gasteiger partial charge on any atom is 0.339 e. The predicted octanol–water partition coefficient (Wildman–Crippen LogP) is 1.40. The topological polar surface area (TPSA) is 113 Å². The molecular weight excluding hydrogens is 298 g/mol. The lowest BCUT2D eigenvalue weighted by atomic mass is 10.1. The lowest BCUT2D eigenvalue weighted by molar-refractivity contribution is 0.0306. The Morgan fingerprint density at radius 3 is 2.76 bits per heavy atom. The van der Waals surface area contributed by atoms with Crippen molar-refractivity contribution < 1.29 is 28.2 Å². The van der Waals surface area contributed by atoms with Crippen molar-refractivity contribution in [1.29, 1.82) is 0 Å².